The molecule has 2 amide bonds. The number of hydrogen-bond donors (Lipinski definition) is 3. The molecule has 0 fully saturated rings. The first kappa shape index (κ1) is 20.2. The van der Waals surface area contributed by atoms with Crippen LogP contribution in [0.1, 0.15) is 18.0 Å². The van der Waals surface area contributed by atoms with Crippen LogP contribution in [-0.4, -0.2) is 59.7 Å². The molecule has 1 heterocycles. The summed E-state index contributed by atoms with van der Waals surface area (Å²) in [5.41, 5.74) is 0.293. The van der Waals surface area contributed by atoms with Gasteiger partial charge < -0.3 is 25.2 Å². The van der Waals surface area contributed by atoms with E-state index >= 15 is 0 Å². The number of amides is 2. The van der Waals surface area contributed by atoms with Gasteiger partial charge in [-0.3, -0.25) is 14.4 Å². The molecule has 26 heavy (non-hydrogen) atoms. The van der Waals surface area contributed by atoms with Crippen molar-refractivity contribution < 1.29 is 29.3 Å². The number of nitrogens with zero attached hydrogens (tertiary/aromatic N) is 1. The maximum atomic E-state index is 12.8. The summed E-state index contributed by atoms with van der Waals surface area (Å²) in [7, 11) is 1.17. The quantitative estimate of drug-likeness (QED) is 0.317. The lowest BCUT2D eigenvalue weighted by Gasteiger charge is -2.34. The lowest BCUT2D eigenvalue weighted by molar-refractivity contribution is -0.141. The van der Waals surface area contributed by atoms with E-state index in [1.165, 1.54) is 12.0 Å². The Kier molecular flexibility index (Phi) is 6.98. The molecule has 1 aliphatic rings. The fraction of sp³-hybridized carbons (Fsp3) is 0.353. The van der Waals surface area contributed by atoms with Gasteiger partial charge in [-0.2, -0.15) is 0 Å². The van der Waals surface area contributed by atoms with E-state index in [0.29, 0.717) is 0 Å². The smallest absolute Gasteiger partial charge is 0.325 e. The predicted molar refractivity (Wildman–Crippen MR) is 100.0 cm³/mol. The summed E-state index contributed by atoms with van der Waals surface area (Å²) in [6, 6.07) is 6.65. The number of esters is 1. The maximum Gasteiger partial charge on any atom is 0.325 e. The number of aliphatic hydroxyl groups excluding tert-OH is 2. The van der Waals surface area contributed by atoms with Crippen molar-refractivity contribution in [3.05, 3.63) is 44.7 Å². The number of hydrogen-bond acceptors (Lipinski definition) is 6. The third kappa shape index (κ3) is 4.52. The number of rotatable bonds is 6. The molecular formula is C17H19IN2O6. The normalized spacial score (nSPS) is 15.7. The second kappa shape index (κ2) is 8.99. The van der Waals surface area contributed by atoms with E-state index in [2.05, 4.69) is 32.6 Å². The fourth-order valence-corrected chi connectivity index (χ4v) is 2.99. The summed E-state index contributed by atoms with van der Waals surface area (Å²) in [5, 5.41) is 22.0. The highest BCUT2D eigenvalue weighted by atomic mass is 127. The summed E-state index contributed by atoms with van der Waals surface area (Å²) < 4.78 is 5.43. The van der Waals surface area contributed by atoms with Crippen LogP contribution in [0, 0.1) is 3.57 Å². The van der Waals surface area contributed by atoms with Gasteiger partial charge in [-0.05, 0) is 40.3 Å². The van der Waals surface area contributed by atoms with Crippen molar-refractivity contribution >= 4 is 40.4 Å². The van der Waals surface area contributed by atoms with E-state index in [9.17, 15) is 24.6 Å². The minimum absolute atomic E-state index is 0.0770. The van der Waals surface area contributed by atoms with E-state index in [4.69, 9.17) is 0 Å². The van der Waals surface area contributed by atoms with Gasteiger partial charge in [-0.25, -0.2) is 0 Å². The summed E-state index contributed by atoms with van der Waals surface area (Å²) >= 11 is 2.15. The zero-order chi connectivity index (χ0) is 19.3. The highest BCUT2D eigenvalue weighted by Gasteiger charge is 2.36. The molecule has 0 saturated heterocycles. The lowest BCUT2D eigenvalue weighted by atomic mass is 10.00. The molecule has 1 unspecified atom stereocenters. The van der Waals surface area contributed by atoms with Gasteiger partial charge in [0.15, 0.2) is 0 Å². The number of methoxy groups -OCH3 is 1. The molecule has 0 radical (unpaired) electrons. The number of carbonyl (C=O) groups excluding carboxylic acids is 3. The van der Waals surface area contributed by atoms with Crippen LogP contribution in [0.25, 0.3) is 0 Å². The molecule has 2 rings (SSSR count). The van der Waals surface area contributed by atoms with Crippen LogP contribution in [0.15, 0.2) is 35.6 Å². The zero-order valence-electron chi connectivity index (χ0n) is 14.1. The number of halogens is 1. The van der Waals surface area contributed by atoms with Crippen molar-refractivity contribution in [3.63, 3.8) is 0 Å². The molecule has 1 atom stereocenters. The maximum absolute atomic E-state index is 12.8. The van der Waals surface area contributed by atoms with Gasteiger partial charge in [0.1, 0.15) is 17.9 Å². The summed E-state index contributed by atoms with van der Waals surface area (Å²) in [4.78, 5) is 37.5. The third-order valence-corrected chi connectivity index (χ3v) is 4.72. The van der Waals surface area contributed by atoms with E-state index in [1.54, 1.807) is 12.1 Å². The number of ether oxygens (including phenoxy) is 1. The summed E-state index contributed by atoms with van der Waals surface area (Å²) in [5.74, 6) is -2.57. The van der Waals surface area contributed by atoms with E-state index in [1.807, 2.05) is 12.1 Å². The molecule has 9 heteroatoms. The van der Waals surface area contributed by atoms with Gasteiger partial charge in [0.25, 0.3) is 11.8 Å². The molecule has 8 nitrogen and oxygen atoms in total. The Morgan fingerprint density at radius 3 is 2.58 bits per heavy atom. The average molecular weight is 474 g/mol. The molecule has 1 aromatic carbocycles. The Bertz CT molecular complexity index is 731. The molecule has 3 N–H and O–H groups in total. The molecule has 0 bridgehead atoms. The van der Waals surface area contributed by atoms with E-state index < -0.39 is 35.9 Å². The Labute approximate surface area is 164 Å². The van der Waals surface area contributed by atoms with Gasteiger partial charge in [0.2, 0.25) is 0 Å². The molecule has 140 valence electrons. The Morgan fingerprint density at radius 1 is 1.35 bits per heavy atom. The number of carbonyl (C=O) groups is 3. The van der Waals surface area contributed by atoms with Crippen LogP contribution in [0.5, 0.6) is 0 Å². The average Bonchev–Trinajstić information content (AvgIpc) is 2.63. The minimum Gasteiger partial charge on any atom is -0.511 e. The number of nitrogens with one attached hydrogen (secondary N) is 1. The van der Waals surface area contributed by atoms with Gasteiger partial charge in [-0.1, -0.05) is 12.1 Å². The lowest BCUT2D eigenvalue weighted by Crippen LogP contribution is -2.46. The highest BCUT2D eigenvalue weighted by molar-refractivity contribution is 14.1. The van der Waals surface area contributed by atoms with E-state index in [0.717, 1.165) is 9.13 Å². The first-order valence-corrected chi connectivity index (χ1v) is 8.91. The molecule has 0 aliphatic carbocycles. The van der Waals surface area contributed by atoms with Gasteiger partial charge in [0.05, 0.1) is 19.8 Å². The van der Waals surface area contributed by atoms with Gasteiger partial charge in [0, 0.05) is 16.5 Å². The van der Waals surface area contributed by atoms with Crippen LogP contribution in [-0.2, 0) is 19.1 Å². The molecular weight excluding hydrogens is 455 g/mol. The first-order chi connectivity index (χ1) is 12.4. The van der Waals surface area contributed by atoms with Gasteiger partial charge in [-0.15, -0.1) is 0 Å². The second-order valence-electron chi connectivity index (χ2n) is 5.58. The van der Waals surface area contributed by atoms with Crippen molar-refractivity contribution in [2.75, 3.05) is 26.8 Å². The molecule has 0 aromatic heterocycles. The van der Waals surface area contributed by atoms with Crippen LogP contribution in [0.2, 0.25) is 0 Å². The monoisotopic (exact) mass is 474 g/mol. The first-order valence-electron chi connectivity index (χ1n) is 7.83. The second-order valence-corrected chi connectivity index (χ2v) is 6.82. The van der Waals surface area contributed by atoms with Crippen LogP contribution in [0.4, 0.5) is 0 Å². The van der Waals surface area contributed by atoms with Crippen molar-refractivity contribution in [2.24, 2.45) is 0 Å². The van der Waals surface area contributed by atoms with Crippen LogP contribution in [0.3, 0.4) is 0 Å². The topological polar surface area (TPSA) is 116 Å². The summed E-state index contributed by atoms with van der Waals surface area (Å²) in [6.45, 7) is -0.584. The summed E-state index contributed by atoms with van der Waals surface area (Å²) in [6.07, 6.45) is 0.0770. The molecule has 0 spiro atoms. The van der Waals surface area contributed by atoms with Gasteiger partial charge >= 0.3 is 5.97 Å². The van der Waals surface area contributed by atoms with Crippen molar-refractivity contribution in [1.82, 2.24) is 10.2 Å². The number of benzene rings is 1. The Morgan fingerprint density at radius 2 is 2.00 bits per heavy atom. The molecule has 1 aromatic rings. The third-order valence-electron chi connectivity index (χ3n) is 4.00. The van der Waals surface area contributed by atoms with E-state index in [-0.39, 0.29) is 25.3 Å². The van der Waals surface area contributed by atoms with Crippen molar-refractivity contribution in [3.8, 4) is 0 Å². The van der Waals surface area contributed by atoms with Crippen LogP contribution >= 0.6 is 22.6 Å². The minimum atomic E-state index is -0.859. The van der Waals surface area contributed by atoms with Crippen molar-refractivity contribution in [2.45, 2.75) is 12.5 Å². The van der Waals surface area contributed by atoms with Crippen molar-refractivity contribution in [1.29, 1.82) is 0 Å². The Balaban J connectivity index is 2.22. The fourth-order valence-electron chi connectivity index (χ4n) is 2.63. The highest BCUT2D eigenvalue weighted by Crippen LogP contribution is 2.28. The standard InChI is InChI=1S/C17H19IN2O6/c1-26-14(23)8-19-16(24)15-13(22)6-7-20(17(15)25)12(9-21)10-2-4-11(18)5-3-10/h2-5,12,21-22H,6-9H2,1H3,(H,19,24). The molecule has 0 saturated carbocycles. The SMILES string of the molecule is COC(=O)CNC(=O)C1=C(O)CCN(C(CO)c2ccc(I)cc2)C1=O. The Hall–Kier alpha value is -2.14. The van der Waals surface area contributed by atoms with Crippen LogP contribution < -0.4 is 5.32 Å². The number of aliphatic hydroxyl groups is 2. The zero-order valence-corrected chi connectivity index (χ0v) is 16.2. The largest absolute Gasteiger partial charge is 0.511 e. The predicted octanol–water partition coefficient (Wildman–Crippen LogP) is 0.658. The molecule has 1 aliphatic heterocycles.